The molecule has 0 unspecified atom stereocenters. The van der Waals surface area contributed by atoms with Crippen molar-refractivity contribution in [3.8, 4) is 11.4 Å². The largest absolute Gasteiger partial charge is 0.433 e. The number of halogens is 4. The number of aryl methyl sites for hydroxylation is 1. The van der Waals surface area contributed by atoms with E-state index >= 15 is 0 Å². The molecule has 0 aliphatic heterocycles. The number of anilines is 1. The van der Waals surface area contributed by atoms with Gasteiger partial charge in [0.05, 0.1) is 10.7 Å². The summed E-state index contributed by atoms with van der Waals surface area (Å²) in [6.45, 7) is -1.36. The number of ether oxygens (including phenoxy) is 1. The number of hydrogen-bond acceptors (Lipinski definition) is 4. The van der Waals surface area contributed by atoms with E-state index in [1.807, 2.05) is 0 Å². The Morgan fingerprint density at radius 2 is 1.83 bits per heavy atom. The van der Waals surface area contributed by atoms with Crippen molar-refractivity contribution in [2.24, 2.45) is 0 Å². The van der Waals surface area contributed by atoms with Gasteiger partial charge in [0.1, 0.15) is 5.75 Å². The molecule has 0 fully saturated rings. The molecule has 3 aromatic rings. The second kappa shape index (κ2) is 8.59. The van der Waals surface area contributed by atoms with Crippen LogP contribution < -0.4 is 15.5 Å². The van der Waals surface area contributed by atoms with Gasteiger partial charge in [-0.15, -0.1) is 0 Å². The molecule has 0 aliphatic carbocycles. The molecule has 6 nitrogen and oxygen atoms in total. The van der Waals surface area contributed by atoms with E-state index in [2.05, 4.69) is 15.2 Å². The number of benzene rings is 2. The van der Waals surface area contributed by atoms with E-state index in [1.54, 1.807) is 31.2 Å². The molecule has 1 amide bonds. The van der Waals surface area contributed by atoms with Crippen LogP contribution in [0.1, 0.15) is 16.2 Å². The molecule has 0 atom stereocenters. The molecular weight excluding hydrogens is 427 g/mol. The molecule has 2 aromatic carbocycles. The third-order valence-corrected chi connectivity index (χ3v) is 4.35. The molecule has 150 valence electrons. The highest BCUT2D eigenvalue weighted by atomic mass is 35.5. The number of amides is 1. The number of nitrogens with one attached hydrogen (secondary N) is 1. The van der Waals surface area contributed by atoms with Crippen LogP contribution in [0.4, 0.5) is 14.5 Å². The van der Waals surface area contributed by atoms with Gasteiger partial charge in [-0.1, -0.05) is 23.2 Å². The van der Waals surface area contributed by atoms with Crippen LogP contribution in [-0.2, 0) is 0 Å². The lowest BCUT2D eigenvalue weighted by molar-refractivity contribution is -0.0497. The molecule has 29 heavy (non-hydrogen) atoms. The lowest BCUT2D eigenvalue weighted by Crippen LogP contribution is -2.26. The molecule has 1 N–H and O–H groups in total. The number of carbonyl (C=O) groups is 1. The first-order chi connectivity index (χ1) is 13.7. The summed E-state index contributed by atoms with van der Waals surface area (Å²) in [5, 5.41) is 7.01. The van der Waals surface area contributed by atoms with E-state index in [1.165, 1.54) is 28.9 Å². The number of aromatic nitrogens is 2. The zero-order valence-electron chi connectivity index (χ0n) is 14.8. The zero-order valence-corrected chi connectivity index (χ0v) is 16.3. The van der Waals surface area contributed by atoms with Crippen molar-refractivity contribution in [2.45, 2.75) is 13.5 Å². The Morgan fingerprint density at radius 1 is 1.14 bits per heavy atom. The maximum Gasteiger partial charge on any atom is 0.387 e. The van der Waals surface area contributed by atoms with Gasteiger partial charge in [0.25, 0.3) is 5.91 Å². The molecule has 10 heteroatoms. The van der Waals surface area contributed by atoms with Gasteiger partial charge in [0.15, 0.2) is 5.69 Å². The van der Waals surface area contributed by atoms with Gasteiger partial charge >= 0.3 is 6.61 Å². The number of alkyl halides is 2. The molecule has 0 bridgehead atoms. The zero-order chi connectivity index (χ0) is 21.1. The number of hydrogen-bond donors (Lipinski definition) is 1. The normalized spacial score (nSPS) is 10.8. The van der Waals surface area contributed by atoms with Crippen LogP contribution in [0.2, 0.25) is 10.0 Å². The third kappa shape index (κ3) is 4.90. The first-order valence-corrected chi connectivity index (χ1v) is 8.93. The minimum absolute atomic E-state index is 0.126. The summed E-state index contributed by atoms with van der Waals surface area (Å²) in [5.74, 6) is -1.02. The van der Waals surface area contributed by atoms with Crippen molar-refractivity contribution in [1.29, 1.82) is 0 Å². The predicted octanol–water partition coefficient (Wildman–Crippen LogP) is 4.70. The first-order valence-electron chi connectivity index (χ1n) is 8.17. The second-order valence-electron chi connectivity index (χ2n) is 5.86. The molecule has 0 aliphatic rings. The van der Waals surface area contributed by atoms with Crippen LogP contribution in [0.15, 0.2) is 53.3 Å². The Morgan fingerprint density at radius 3 is 2.45 bits per heavy atom. The molecule has 0 saturated carbocycles. The van der Waals surface area contributed by atoms with Gasteiger partial charge in [-0.25, -0.2) is 4.68 Å². The molecule has 0 spiro atoms. The summed E-state index contributed by atoms with van der Waals surface area (Å²) in [5.41, 5.74) is 0.382. The molecule has 3 rings (SSSR count). The molecule has 1 aromatic heterocycles. The van der Waals surface area contributed by atoms with E-state index in [0.29, 0.717) is 16.4 Å². The van der Waals surface area contributed by atoms with E-state index in [0.717, 1.165) is 0 Å². The number of rotatable bonds is 5. The second-order valence-corrected chi connectivity index (χ2v) is 6.71. The monoisotopic (exact) mass is 439 g/mol. The van der Waals surface area contributed by atoms with E-state index in [9.17, 15) is 18.4 Å². The maximum atomic E-state index is 12.6. The highest BCUT2D eigenvalue weighted by Gasteiger charge is 2.17. The summed E-state index contributed by atoms with van der Waals surface area (Å²) >= 11 is 11.8. The van der Waals surface area contributed by atoms with E-state index < -0.39 is 17.9 Å². The van der Waals surface area contributed by atoms with E-state index in [4.69, 9.17) is 23.2 Å². The Labute approximate surface area is 173 Å². The quantitative estimate of drug-likeness (QED) is 0.624. The Kier molecular flexibility index (Phi) is 6.14. The van der Waals surface area contributed by atoms with Gasteiger partial charge in [-0.2, -0.15) is 13.9 Å². The minimum atomic E-state index is -3.03. The van der Waals surface area contributed by atoms with Crippen molar-refractivity contribution in [2.75, 3.05) is 5.32 Å². The van der Waals surface area contributed by atoms with Gasteiger partial charge < -0.3 is 10.1 Å². The Hall–Kier alpha value is -2.97. The van der Waals surface area contributed by atoms with Crippen molar-refractivity contribution < 1.29 is 18.3 Å². The van der Waals surface area contributed by atoms with Crippen molar-refractivity contribution in [3.63, 3.8) is 0 Å². The van der Waals surface area contributed by atoms with Crippen LogP contribution in [0.5, 0.6) is 5.75 Å². The van der Waals surface area contributed by atoms with Crippen LogP contribution in [0, 0.1) is 6.92 Å². The number of nitrogens with zero attached hydrogens (tertiary/aromatic N) is 2. The van der Waals surface area contributed by atoms with Crippen LogP contribution in [-0.4, -0.2) is 22.3 Å². The van der Waals surface area contributed by atoms with Crippen LogP contribution in [0.3, 0.4) is 0 Å². The highest BCUT2D eigenvalue weighted by molar-refractivity contribution is 6.32. The minimum Gasteiger partial charge on any atom is -0.433 e. The standard InChI is InChI=1S/C19H13Cl2F2N3O3/c1-10-8-15(27)17(25-26(10)13-5-2-11(20)3-6-13)18(28)24-12-4-7-16(14(21)9-12)29-19(22)23/h2-9,19H,1H3,(H,24,28). The Balaban J connectivity index is 1.89. The Bertz CT molecular complexity index is 1120. The summed E-state index contributed by atoms with van der Waals surface area (Å²) in [6, 6.07) is 11.7. The van der Waals surface area contributed by atoms with Gasteiger partial charge in [0, 0.05) is 22.5 Å². The van der Waals surface area contributed by atoms with Gasteiger partial charge in [-0.3, -0.25) is 9.59 Å². The fourth-order valence-electron chi connectivity index (χ4n) is 2.51. The average Bonchev–Trinajstić information content (AvgIpc) is 2.64. The highest BCUT2D eigenvalue weighted by Crippen LogP contribution is 2.29. The fraction of sp³-hybridized carbons (Fsp3) is 0.105. The first kappa shape index (κ1) is 20.8. The van der Waals surface area contributed by atoms with Crippen LogP contribution >= 0.6 is 23.2 Å². The van der Waals surface area contributed by atoms with Crippen molar-refractivity contribution in [3.05, 3.63) is 80.2 Å². The maximum absolute atomic E-state index is 12.6. The summed E-state index contributed by atoms with van der Waals surface area (Å²) in [4.78, 5) is 24.8. The van der Waals surface area contributed by atoms with Crippen LogP contribution in [0.25, 0.3) is 5.69 Å². The lowest BCUT2D eigenvalue weighted by atomic mass is 10.2. The molecule has 0 saturated heterocycles. The van der Waals surface area contributed by atoms with Crippen molar-refractivity contribution in [1.82, 2.24) is 9.78 Å². The summed E-state index contributed by atoms with van der Waals surface area (Å²) in [6.07, 6.45) is 0. The van der Waals surface area contributed by atoms with Gasteiger partial charge in [-0.05, 0) is 49.4 Å². The smallest absolute Gasteiger partial charge is 0.387 e. The average molecular weight is 440 g/mol. The lowest BCUT2D eigenvalue weighted by Gasteiger charge is -2.12. The SMILES string of the molecule is Cc1cc(=O)c(C(=O)Nc2ccc(OC(F)F)c(Cl)c2)nn1-c1ccc(Cl)cc1. The summed E-state index contributed by atoms with van der Waals surface area (Å²) < 4.78 is 30.3. The predicted molar refractivity (Wildman–Crippen MR) is 106 cm³/mol. The van der Waals surface area contributed by atoms with E-state index in [-0.39, 0.29) is 22.2 Å². The summed E-state index contributed by atoms with van der Waals surface area (Å²) in [7, 11) is 0. The molecular formula is C19H13Cl2F2N3O3. The molecule has 1 heterocycles. The fourth-order valence-corrected chi connectivity index (χ4v) is 2.86. The van der Waals surface area contributed by atoms with Gasteiger partial charge in [0.2, 0.25) is 5.43 Å². The molecule has 0 radical (unpaired) electrons. The topological polar surface area (TPSA) is 73.2 Å². The number of carbonyl (C=O) groups excluding carboxylic acids is 1. The van der Waals surface area contributed by atoms with Crippen molar-refractivity contribution >= 4 is 34.8 Å². The third-order valence-electron chi connectivity index (χ3n) is 3.80.